The molecular weight excluding hydrogens is 388 g/mol. The average Bonchev–Trinajstić information content (AvgIpc) is 2.78. The van der Waals surface area contributed by atoms with Gasteiger partial charge in [0.05, 0.1) is 7.11 Å². The minimum atomic E-state index is -0.468. The van der Waals surface area contributed by atoms with E-state index >= 15 is 0 Å². The van der Waals surface area contributed by atoms with E-state index in [2.05, 4.69) is 5.32 Å². The number of ether oxygens (including phenoxy) is 2. The molecule has 3 aromatic rings. The van der Waals surface area contributed by atoms with Gasteiger partial charge in [-0.1, -0.05) is 53.6 Å². The lowest BCUT2D eigenvalue weighted by Crippen LogP contribution is -2.13. The molecule has 3 aromatic carbocycles. The molecule has 0 unspecified atom stereocenters. The molecule has 0 heterocycles. The minimum Gasteiger partial charge on any atom is -0.493 e. The molecule has 3 rings (SSSR count). The van der Waals surface area contributed by atoms with Crippen molar-refractivity contribution in [1.29, 1.82) is 5.26 Å². The van der Waals surface area contributed by atoms with Gasteiger partial charge >= 0.3 is 0 Å². The highest BCUT2D eigenvalue weighted by molar-refractivity contribution is 6.09. The van der Waals surface area contributed by atoms with Gasteiger partial charge in [0.15, 0.2) is 11.5 Å². The lowest BCUT2D eigenvalue weighted by molar-refractivity contribution is -0.112. The molecule has 0 spiro atoms. The third-order valence-corrected chi connectivity index (χ3v) is 4.69. The molecule has 5 heteroatoms. The molecule has 0 aliphatic rings. The zero-order valence-electron chi connectivity index (χ0n) is 17.8. The summed E-state index contributed by atoms with van der Waals surface area (Å²) in [5, 5.41) is 12.2. The zero-order chi connectivity index (χ0) is 22.2. The van der Waals surface area contributed by atoms with Gasteiger partial charge in [0.1, 0.15) is 18.2 Å². The summed E-state index contributed by atoms with van der Waals surface area (Å²) in [5.41, 5.74) is 4.62. The normalized spacial score (nSPS) is 10.8. The second-order valence-electron chi connectivity index (χ2n) is 7.17. The molecule has 0 aromatic heterocycles. The van der Waals surface area contributed by atoms with E-state index in [1.165, 1.54) is 11.6 Å². The van der Waals surface area contributed by atoms with Crippen LogP contribution in [0.1, 0.15) is 22.3 Å². The van der Waals surface area contributed by atoms with Crippen molar-refractivity contribution in [3.63, 3.8) is 0 Å². The molecular formula is C26H24N2O3. The van der Waals surface area contributed by atoms with Crippen molar-refractivity contribution in [1.82, 2.24) is 0 Å². The highest BCUT2D eigenvalue weighted by Crippen LogP contribution is 2.30. The summed E-state index contributed by atoms with van der Waals surface area (Å²) in [6, 6.07) is 22.7. The third-order valence-electron chi connectivity index (χ3n) is 4.69. The number of benzene rings is 3. The maximum Gasteiger partial charge on any atom is 0.266 e. The maximum atomic E-state index is 12.5. The number of aryl methyl sites for hydroxylation is 2. The molecule has 0 aliphatic carbocycles. The van der Waals surface area contributed by atoms with Gasteiger partial charge in [-0.05, 0) is 55.3 Å². The molecule has 0 aliphatic heterocycles. The van der Waals surface area contributed by atoms with Gasteiger partial charge in [0.25, 0.3) is 5.91 Å². The van der Waals surface area contributed by atoms with E-state index in [0.29, 0.717) is 29.4 Å². The summed E-state index contributed by atoms with van der Waals surface area (Å²) in [6.45, 7) is 4.42. The van der Waals surface area contributed by atoms with Gasteiger partial charge in [-0.3, -0.25) is 4.79 Å². The largest absolute Gasteiger partial charge is 0.493 e. The van der Waals surface area contributed by atoms with E-state index in [4.69, 9.17) is 9.47 Å². The Morgan fingerprint density at radius 1 is 0.968 bits per heavy atom. The van der Waals surface area contributed by atoms with Crippen LogP contribution in [0, 0.1) is 25.2 Å². The van der Waals surface area contributed by atoms with Gasteiger partial charge in [0, 0.05) is 5.69 Å². The summed E-state index contributed by atoms with van der Waals surface area (Å²) in [6.07, 6.45) is 1.52. The Balaban J connectivity index is 1.74. The van der Waals surface area contributed by atoms with Crippen LogP contribution in [0.2, 0.25) is 0 Å². The molecule has 0 fully saturated rings. The lowest BCUT2D eigenvalue weighted by atomic mass is 10.1. The van der Waals surface area contributed by atoms with Crippen molar-refractivity contribution < 1.29 is 14.3 Å². The topological polar surface area (TPSA) is 71.3 Å². The van der Waals surface area contributed by atoms with Crippen molar-refractivity contribution in [3.8, 4) is 17.6 Å². The lowest BCUT2D eigenvalue weighted by Gasteiger charge is -2.12. The summed E-state index contributed by atoms with van der Waals surface area (Å²) < 4.78 is 11.3. The van der Waals surface area contributed by atoms with Gasteiger partial charge in [0.2, 0.25) is 0 Å². The highest BCUT2D eigenvalue weighted by Gasteiger charge is 2.11. The van der Waals surface area contributed by atoms with Gasteiger partial charge < -0.3 is 14.8 Å². The van der Waals surface area contributed by atoms with E-state index in [0.717, 1.165) is 11.1 Å². The fourth-order valence-corrected chi connectivity index (χ4v) is 2.89. The first-order valence-corrected chi connectivity index (χ1v) is 9.84. The molecule has 0 saturated heterocycles. The van der Waals surface area contributed by atoms with Crippen molar-refractivity contribution in [2.24, 2.45) is 0 Å². The molecule has 5 nitrogen and oxygen atoms in total. The number of nitrogens with zero attached hydrogens (tertiary/aromatic N) is 1. The highest BCUT2D eigenvalue weighted by atomic mass is 16.5. The number of rotatable bonds is 7. The number of nitrogens with one attached hydrogen (secondary N) is 1. The van der Waals surface area contributed by atoms with Crippen molar-refractivity contribution in [2.75, 3.05) is 12.4 Å². The average molecular weight is 412 g/mol. The second-order valence-corrected chi connectivity index (χ2v) is 7.17. The van der Waals surface area contributed by atoms with Crippen molar-refractivity contribution >= 4 is 17.7 Å². The Morgan fingerprint density at radius 2 is 1.61 bits per heavy atom. The molecule has 31 heavy (non-hydrogen) atoms. The Kier molecular flexibility index (Phi) is 7.08. The SMILES string of the molecule is COc1cc(/C=C(\C#N)C(=O)Nc2ccc(C)cc2)ccc1OCc1ccc(C)cc1. The molecule has 0 bridgehead atoms. The first-order valence-electron chi connectivity index (χ1n) is 9.84. The number of carbonyl (C=O) groups excluding carboxylic acids is 1. The van der Waals surface area contributed by atoms with Crippen LogP contribution in [0.3, 0.4) is 0 Å². The van der Waals surface area contributed by atoms with Crippen molar-refractivity contribution in [3.05, 3.63) is 94.6 Å². The Bertz CT molecular complexity index is 1120. The summed E-state index contributed by atoms with van der Waals surface area (Å²) >= 11 is 0. The van der Waals surface area contributed by atoms with Crippen LogP contribution in [0.5, 0.6) is 11.5 Å². The summed E-state index contributed by atoms with van der Waals surface area (Å²) in [5.74, 6) is 0.643. The number of carbonyl (C=O) groups is 1. The summed E-state index contributed by atoms with van der Waals surface area (Å²) in [4.78, 5) is 12.5. The van der Waals surface area contributed by atoms with Gasteiger partial charge in [-0.2, -0.15) is 5.26 Å². The Morgan fingerprint density at radius 3 is 2.23 bits per heavy atom. The van der Waals surface area contributed by atoms with Gasteiger partial charge in [-0.15, -0.1) is 0 Å². The molecule has 0 atom stereocenters. The van der Waals surface area contributed by atoms with Crippen LogP contribution in [0.4, 0.5) is 5.69 Å². The molecule has 0 radical (unpaired) electrons. The van der Waals surface area contributed by atoms with E-state index in [1.807, 2.05) is 56.3 Å². The van der Waals surface area contributed by atoms with Gasteiger partial charge in [-0.25, -0.2) is 0 Å². The monoisotopic (exact) mass is 412 g/mol. The number of hydrogen-bond donors (Lipinski definition) is 1. The smallest absolute Gasteiger partial charge is 0.266 e. The van der Waals surface area contributed by atoms with Crippen LogP contribution in [0.15, 0.2) is 72.3 Å². The first kappa shape index (κ1) is 21.7. The second kappa shape index (κ2) is 10.1. The predicted octanol–water partition coefficient (Wildman–Crippen LogP) is 5.44. The fourth-order valence-electron chi connectivity index (χ4n) is 2.89. The van der Waals surface area contributed by atoms with Crippen LogP contribution >= 0.6 is 0 Å². The zero-order valence-corrected chi connectivity index (χ0v) is 17.8. The predicted molar refractivity (Wildman–Crippen MR) is 122 cm³/mol. The fraction of sp³-hybridized carbons (Fsp3) is 0.154. The minimum absolute atomic E-state index is 0.00375. The Labute approximate surface area is 182 Å². The maximum absolute atomic E-state index is 12.5. The van der Waals surface area contributed by atoms with E-state index in [-0.39, 0.29) is 5.57 Å². The third kappa shape index (κ3) is 5.97. The Hall–Kier alpha value is -4.04. The quantitative estimate of drug-likeness (QED) is 0.414. The van der Waals surface area contributed by atoms with Crippen LogP contribution < -0.4 is 14.8 Å². The number of amides is 1. The molecule has 1 amide bonds. The van der Waals surface area contributed by atoms with Crippen LogP contribution in [0.25, 0.3) is 6.08 Å². The number of anilines is 1. The summed E-state index contributed by atoms with van der Waals surface area (Å²) in [7, 11) is 1.55. The molecule has 0 saturated carbocycles. The van der Waals surface area contributed by atoms with E-state index in [1.54, 1.807) is 37.4 Å². The van der Waals surface area contributed by atoms with Crippen molar-refractivity contribution in [2.45, 2.75) is 20.5 Å². The van der Waals surface area contributed by atoms with Crippen LogP contribution in [-0.4, -0.2) is 13.0 Å². The standard InChI is InChI=1S/C26H24N2O3/c1-18-4-8-20(9-5-18)17-31-24-13-10-21(15-25(24)30-3)14-22(16-27)26(29)28-23-11-6-19(2)7-12-23/h4-15H,17H2,1-3H3,(H,28,29)/b22-14+. The van der Waals surface area contributed by atoms with E-state index < -0.39 is 5.91 Å². The molecule has 156 valence electrons. The first-order chi connectivity index (χ1) is 15.0. The molecule has 1 N–H and O–H groups in total. The van der Waals surface area contributed by atoms with E-state index in [9.17, 15) is 10.1 Å². The number of nitriles is 1. The number of methoxy groups -OCH3 is 1. The van der Waals surface area contributed by atoms with Crippen LogP contribution in [-0.2, 0) is 11.4 Å². The number of hydrogen-bond acceptors (Lipinski definition) is 4.